The number of hydrogen-bond donors (Lipinski definition) is 2. The average molecular weight is 282 g/mol. The van der Waals surface area contributed by atoms with Crippen molar-refractivity contribution in [2.45, 2.75) is 6.04 Å². The maximum atomic E-state index is 5.81. The van der Waals surface area contributed by atoms with Crippen LogP contribution in [0, 0.1) is 0 Å². The molecule has 1 aromatic carbocycles. The first-order valence-electron chi connectivity index (χ1n) is 3.98. The van der Waals surface area contributed by atoms with Crippen LogP contribution < -0.4 is 16.2 Å². The number of benzene rings is 1. The van der Waals surface area contributed by atoms with E-state index in [4.69, 9.17) is 16.2 Å². The van der Waals surface area contributed by atoms with E-state index in [1.807, 2.05) is 18.2 Å². The van der Waals surface area contributed by atoms with Crippen LogP contribution in [0.25, 0.3) is 0 Å². The Morgan fingerprint density at radius 3 is 2.64 bits per heavy atom. The van der Waals surface area contributed by atoms with Crippen LogP contribution in [0.1, 0.15) is 11.6 Å². The van der Waals surface area contributed by atoms with Crippen LogP contribution in [-0.2, 0) is 0 Å². The Bertz CT molecular complexity index is 296. The van der Waals surface area contributed by atoms with Gasteiger partial charge in [0.1, 0.15) is 5.75 Å². The fraction of sp³-hybridized carbons (Fsp3) is 0.333. The Morgan fingerprint density at radius 1 is 1.50 bits per heavy atom. The van der Waals surface area contributed by atoms with Crippen molar-refractivity contribution in [1.29, 1.82) is 0 Å². The van der Waals surface area contributed by atoms with Crippen LogP contribution in [0.2, 0.25) is 0 Å². The molecule has 5 heteroatoms. The Balaban J connectivity index is 0.00000169. The monoisotopic (exact) mass is 280 g/mol. The van der Waals surface area contributed by atoms with E-state index < -0.39 is 0 Å². The van der Waals surface area contributed by atoms with Crippen LogP contribution in [0.5, 0.6) is 5.75 Å². The van der Waals surface area contributed by atoms with E-state index in [-0.39, 0.29) is 18.4 Å². The van der Waals surface area contributed by atoms with Crippen LogP contribution in [0.3, 0.4) is 0 Å². The molecular formula is C9H14BrClN2O. The molecule has 0 aliphatic heterocycles. The van der Waals surface area contributed by atoms with E-state index in [0.717, 1.165) is 15.8 Å². The number of nitrogens with two attached hydrogens (primary N) is 2. The summed E-state index contributed by atoms with van der Waals surface area (Å²) in [6.07, 6.45) is 0. The first kappa shape index (κ1) is 13.7. The van der Waals surface area contributed by atoms with E-state index in [0.29, 0.717) is 6.54 Å². The summed E-state index contributed by atoms with van der Waals surface area (Å²) >= 11 is 3.41. The van der Waals surface area contributed by atoms with E-state index in [2.05, 4.69) is 15.9 Å². The van der Waals surface area contributed by atoms with E-state index >= 15 is 0 Å². The summed E-state index contributed by atoms with van der Waals surface area (Å²) in [7, 11) is 1.63. The molecule has 0 unspecified atom stereocenters. The summed E-state index contributed by atoms with van der Waals surface area (Å²) in [4.78, 5) is 0. The molecule has 0 aliphatic rings. The Hall–Kier alpha value is -0.290. The summed E-state index contributed by atoms with van der Waals surface area (Å²) in [6.45, 7) is 0.422. The van der Waals surface area contributed by atoms with Gasteiger partial charge < -0.3 is 16.2 Å². The van der Waals surface area contributed by atoms with Crippen molar-refractivity contribution in [3.05, 3.63) is 28.2 Å². The molecule has 0 saturated heterocycles. The molecule has 1 aromatic rings. The molecule has 0 aromatic heterocycles. The molecular weight excluding hydrogens is 267 g/mol. The van der Waals surface area contributed by atoms with Gasteiger partial charge in [-0.05, 0) is 23.8 Å². The maximum Gasteiger partial charge on any atom is 0.119 e. The van der Waals surface area contributed by atoms with Crippen molar-refractivity contribution >= 4 is 28.3 Å². The van der Waals surface area contributed by atoms with Gasteiger partial charge in [-0.2, -0.15) is 0 Å². The molecule has 4 N–H and O–H groups in total. The summed E-state index contributed by atoms with van der Waals surface area (Å²) in [5, 5.41) is 0. The molecule has 1 rings (SSSR count). The molecule has 80 valence electrons. The molecule has 1 atom stereocenters. The van der Waals surface area contributed by atoms with Gasteiger partial charge in [0.15, 0.2) is 0 Å². The van der Waals surface area contributed by atoms with Gasteiger partial charge in [-0.1, -0.05) is 15.9 Å². The summed E-state index contributed by atoms with van der Waals surface area (Å²) < 4.78 is 6.05. The lowest BCUT2D eigenvalue weighted by Gasteiger charge is -2.12. The lowest BCUT2D eigenvalue weighted by Crippen LogP contribution is -2.21. The molecule has 0 spiro atoms. The van der Waals surface area contributed by atoms with Gasteiger partial charge in [0.25, 0.3) is 0 Å². The van der Waals surface area contributed by atoms with Crippen molar-refractivity contribution in [3.63, 3.8) is 0 Å². The van der Waals surface area contributed by atoms with Crippen molar-refractivity contribution in [2.75, 3.05) is 13.7 Å². The third-order valence-corrected chi connectivity index (χ3v) is 2.58. The first-order chi connectivity index (χ1) is 6.19. The smallest absolute Gasteiger partial charge is 0.119 e. The second-order valence-corrected chi connectivity index (χ2v) is 3.58. The fourth-order valence-corrected chi connectivity index (χ4v) is 1.60. The Kier molecular flexibility index (Phi) is 6.11. The van der Waals surface area contributed by atoms with Crippen LogP contribution in [-0.4, -0.2) is 13.7 Å². The third kappa shape index (κ3) is 3.13. The maximum absolute atomic E-state index is 5.81. The molecule has 0 heterocycles. The van der Waals surface area contributed by atoms with Gasteiger partial charge in [-0.25, -0.2) is 0 Å². The molecule has 3 nitrogen and oxygen atoms in total. The van der Waals surface area contributed by atoms with Crippen LogP contribution in [0.4, 0.5) is 0 Å². The zero-order chi connectivity index (χ0) is 9.84. The Morgan fingerprint density at radius 2 is 2.14 bits per heavy atom. The second kappa shape index (κ2) is 6.24. The van der Waals surface area contributed by atoms with E-state index in [9.17, 15) is 0 Å². The minimum Gasteiger partial charge on any atom is -0.497 e. The lowest BCUT2D eigenvalue weighted by atomic mass is 10.1. The average Bonchev–Trinajstić information content (AvgIpc) is 2.17. The highest BCUT2D eigenvalue weighted by Gasteiger charge is 2.08. The van der Waals surface area contributed by atoms with Gasteiger partial charge in [-0.15, -0.1) is 12.4 Å². The van der Waals surface area contributed by atoms with Gasteiger partial charge in [0.2, 0.25) is 0 Å². The van der Waals surface area contributed by atoms with Crippen LogP contribution in [0.15, 0.2) is 22.7 Å². The van der Waals surface area contributed by atoms with Crippen molar-refractivity contribution in [1.82, 2.24) is 0 Å². The molecule has 0 amide bonds. The number of ether oxygens (including phenoxy) is 1. The van der Waals surface area contributed by atoms with Gasteiger partial charge >= 0.3 is 0 Å². The molecule has 0 fully saturated rings. The number of hydrogen-bond acceptors (Lipinski definition) is 3. The lowest BCUT2D eigenvalue weighted by molar-refractivity contribution is 0.413. The Labute approximate surface area is 98.3 Å². The molecule has 0 aliphatic carbocycles. The van der Waals surface area contributed by atoms with Gasteiger partial charge in [0.05, 0.1) is 7.11 Å². The molecule has 0 bridgehead atoms. The molecule has 0 radical (unpaired) electrons. The highest BCUT2D eigenvalue weighted by molar-refractivity contribution is 9.10. The van der Waals surface area contributed by atoms with Crippen molar-refractivity contribution in [3.8, 4) is 5.75 Å². The number of halogens is 2. The quantitative estimate of drug-likeness (QED) is 0.889. The summed E-state index contributed by atoms with van der Waals surface area (Å²) in [5.41, 5.74) is 12.3. The number of rotatable bonds is 3. The zero-order valence-electron chi connectivity index (χ0n) is 7.87. The third-order valence-electron chi connectivity index (χ3n) is 1.86. The fourth-order valence-electron chi connectivity index (χ4n) is 1.06. The molecule has 0 saturated carbocycles. The summed E-state index contributed by atoms with van der Waals surface area (Å²) in [6, 6.07) is 5.52. The molecule has 14 heavy (non-hydrogen) atoms. The normalized spacial score (nSPS) is 11.7. The standard InChI is InChI=1S/C9H13BrN2O.ClH/c1-13-6-2-3-8(10)7(4-6)9(12)5-11;/h2-4,9H,5,11-12H2,1H3;1H/t9-;/m1./s1. The van der Waals surface area contributed by atoms with E-state index in [1.165, 1.54) is 0 Å². The van der Waals surface area contributed by atoms with Crippen LogP contribution >= 0.6 is 28.3 Å². The highest BCUT2D eigenvalue weighted by Crippen LogP contribution is 2.26. The number of methoxy groups -OCH3 is 1. The topological polar surface area (TPSA) is 61.3 Å². The minimum atomic E-state index is -0.149. The predicted octanol–water partition coefficient (Wildman–Crippen LogP) is 1.84. The first-order valence-corrected chi connectivity index (χ1v) is 4.77. The largest absolute Gasteiger partial charge is 0.497 e. The highest BCUT2D eigenvalue weighted by atomic mass is 79.9. The SMILES string of the molecule is COc1ccc(Br)c([C@H](N)CN)c1.Cl. The second-order valence-electron chi connectivity index (χ2n) is 2.73. The zero-order valence-corrected chi connectivity index (χ0v) is 10.3. The predicted molar refractivity (Wildman–Crippen MR) is 63.9 cm³/mol. The van der Waals surface area contributed by atoms with Gasteiger partial charge in [0, 0.05) is 17.1 Å². The van der Waals surface area contributed by atoms with E-state index in [1.54, 1.807) is 7.11 Å². The van der Waals surface area contributed by atoms with Crippen molar-refractivity contribution < 1.29 is 4.74 Å². The van der Waals surface area contributed by atoms with Gasteiger partial charge in [-0.3, -0.25) is 0 Å². The minimum absolute atomic E-state index is 0. The van der Waals surface area contributed by atoms with Crippen molar-refractivity contribution in [2.24, 2.45) is 11.5 Å². The summed E-state index contributed by atoms with van der Waals surface area (Å²) in [5.74, 6) is 0.794.